The Balaban J connectivity index is 1.82. The second-order valence-corrected chi connectivity index (χ2v) is 7.22. The topological polar surface area (TPSA) is 47.6 Å². The minimum atomic E-state index is -0.303. The molecule has 2 heterocycles. The van der Waals surface area contributed by atoms with E-state index in [-0.39, 0.29) is 17.6 Å². The van der Waals surface area contributed by atoms with E-state index in [1.54, 1.807) is 31.6 Å². The van der Waals surface area contributed by atoms with Crippen LogP contribution in [-0.2, 0) is 4.79 Å². The standard InChI is InChI=1S/C21H18FNO3S/c1-25-14-6-7-15(18(9-14)26-2)16-10-19(24)23-20-17(11-27-21(16)20)12-4-3-5-13(22)8-12/h3-9,11,16H,10H2,1-2H3,(H,23,24)/t16-/m1/s1. The van der Waals surface area contributed by atoms with Crippen LogP contribution in [0.25, 0.3) is 11.1 Å². The Labute approximate surface area is 160 Å². The second-order valence-electron chi connectivity index (χ2n) is 6.31. The summed E-state index contributed by atoms with van der Waals surface area (Å²) in [6.45, 7) is 0. The summed E-state index contributed by atoms with van der Waals surface area (Å²) in [5.41, 5.74) is 3.27. The van der Waals surface area contributed by atoms with Crippen LogP contribution in [0.15, 0.2) is 47.8 Å². The number of carbonyl (C=O) groups excluding carboxylic acids is 1. The summed E-state index contributed by atoms with van der Waals surface area (Å²) in [4.78, 5) is 13.5. The summed E-state index contributed by atoms with van der Waals surface area (Å²) in [6.07, 6.45) is 0.332. The number of hydrogen-bond donors (Lipinski definition) is 1. The van der Waals surface area contributed by atoms with Crippen LogP contribution >= 0.6 is 11.3 Å². The largest absolute Gasteiger partial charge is 0.497 e. The van der Waals surface area contributed by atoms with E-state index in [9.17, 15) is 9.18 Å². The Hall–Kier alpha value is -2.86. The predicted molar refractivity (Wildman–Crippen MR) is 104 cm³/mol. The summed E-state index contributed by atoms with van der Waals surface area (Å²) in [5, 5.41) is 4.94. The summed E-state index contributed by atoms with van der Waals surface area (Å²) in [7, 11) is 3.21. The molecule has 0 bridgehead atoms. The van der Waals surface area contributed by atoms with Gasteiger partial charge in [0.05, 0.1) is 19.9 Å². The highest BCUT2D eigenvalue weighted by Crippen LogP contribution is 2.48. The van der Waals surface area contributed by atoms with E-state index < -0.39 is 0 Å². The first-order chi connectivity index (χ1) is 13.1. The molecule has 1 aliphatic rings. The van der Waals surface area contributed by atoms with E-state index in [1.807, 2.05) is 29.6 Å². The van der Waals surface area contributed by atoms with Gasteiger partial charge in [0.1, 0.15) is 17.3 Å². The molecule has 0 aliphatic carbocycles. The fraction of sp³-hybridized carbons (Fsp3) is 0.190. The normalized spacial score (nSPS) is 15.8. The molecule has 4 nitrogen and oxygen atoms in total. The Morgan fingerprint density at radius 3 is 2.74 bits per heavy atom. The van der Waals surface area contributed by atoms with Crippen LogP contribution in [-0.4, -0.2) is 20.1 Å². The zero-order valence-corrected chi connectivity index (χ0v) is 15.7. The zero-order chi connectivity index (χ0) is 19.0. The van der Waals surface area contributed by atoms with Gasteiger partial charge in [-0.25, -0.2) is 4.39 Å². The first kappa shape index (κ1) is 17.5. The third-order valence-corrected chi connectivity index (χ3v) is 5.84. The molecule has 0 fully saturated rings. The van der Waals surface area contributed by atoms with E-state index >= 15 is 0 Å². The quantitative estimate of drug-likeness (QED) is 0.686. The molecule has 3 aromatic rings. The Morgan fingerprint density at radius 2 is 2.00 bits per heavy atom. The van der Waals surface area contributed by atoms with E-state index in [0.29, 0.717) is 17.9 Å². The number of benzene rings is 2. The lowest BCUT2D eigenvalue weighted by atomic mass is 9.88. The van der Waals surface area contributed by atoms with Crippen molar-refractivity contribution < 1.29 is 18.7 Å². The zero-order valence-electron chi connectivity index (χ0n) is 14.9. The van der Waals surface area contributed by atoms with Crippen molar-refractivity contribution in [1.82, 2.24) is 0 Å². The van der Waals surface area contributed by atoms with Crippen molar-refractivity contribution in [3.63, 3.8) is 0 Å². The number of amides is 1. The number of halogens is 1. The molecule has 2 aromatic carbocycles. The summed E-state index contributed by atoms with van der Waals surface area (Å²) in [5.74, 6) is 0.884. The number of rotatable bonds is 4. The van der Waals surface area contributed by atoms with E-state index in [2.05, 4.69) is 5.32 Å². The Kier molecular flexibility index (Phi) is 4.58. The van der Waals surface area contributed by atoms with Gasteiger partial charge in [0, 0.05) is 39.8 Å². The lowest BCUT2D eigenvalue weighted by Gasteiger charge is -2.25. The molecule has 6 heteroatoms. The van der Waals surface area contributed by atoms with Crippen LogP contribution in [0.2, 0.25) is 0 Å². The number of ether oxygens (including phenoxy) is 2. The van der Waals surface area contributed by atoms with E-state index in [1.165, 1.54) is 12.1 Å². The second kappa shape index (κ2) is 7.04. The molecular formula is C21H18FNO3S. The minimum absolute atomic E-state index is 0.0681. The lowest BCUT2D eigenvalue weighted by Crippen LogP contribution is -2.22. The number of hydrogen-bond acceptors (Lipinski definition) is 4. The summed E-state index contributed by atoms with van der Waals surface area (Å²) >= 11 is 1.56. The third kappa shape index (κ3) is 3.17. The highest BCUT2D eigenvalue weighted by atomic mass is 32.1. The van der Waals surface area contributed by atoms with Gasteiger partial charge in [-0.1, -0.05) is 18.2 Å². The third-order valence-electron chi connectivity index (χ3n) is 4.74. The number of fused-ring (bicyclic) bond motifs is 1. The highest BCUT2D eigenvalue weighted by Gasteiger charge is 2.32. The van der Waals surface area contributed by atoms with Crippen LogP contribution in [0.3, 0.4) is 0 Å². The van der Waals surface area contributed by atoms with Crippen LogP contribution in [0.4, 0.5) is 10.1 Å². The minimum Gasteiger partial charge on any atom is -0.497 e. The van der Waals surface area contributed by atoms with Gasteiger partial charge >= 0.3 is 0 Å². The van der Waals surface area contributed by atoms with Gasteiger partial charge in [-0.05, 0) is 23.8 Å². The van der Waals surface area contributed by atoms with Gasteiger partial charge in [0.2, 0.25) is 5.91 Å². The van der Waals surface area contributed by atoms with E-state index in [4.69, 9.17) is 9.47 Å². The Morgan fingerprint density at radius 1 is 1.15 bits per heavy atom. The predicted octanol–water partition coefficient (Wildman–Crippen LogP) is 5.05. The molecule has 1 aliphatic heterocycles. The molecule has 1 amide bonds. The average Bonchev–Trinajstić information content (AvgIpc) is 3.10. The van der Waals surface area contributed by atoms with Crippen molar-refractivity contribution in [3.05, 3.63) is 64.1 Å². The molecule has 4 rings (SSSR count). The van der Waals surface area contributed by atoms with Crippen molar-refractivity contribution >= 4 is 22.9 Å². The molecule has 0 saturated carbocycles. The van der Waals surface area contributed by atoms with Gasteiger partial charge in [-0.3, -0.25) is 4.79 Å². The van der Waals surface area contributed by atoms with Crippen molar-refractivity contribution in [2.24, 2.45) is 0 Å². The lowest BCUT2D eigenvalue weighted by molar-refractivity contribution is -0.116. The van der Waals surface area contributed by atoms with Crippen molar-refractivity contribution in [2.75, 3.05) is 19.5 Å². The van der Waals surface area contributed by atoms with Crippen molar-refractivity contribution in [2.45, 2.75) is 12.3 Å². The summed E-state index contributed by atoms with van der Waals surface area (Å²) < 4.78 is 24.5. The first-order valence-electron chi connectivity index (χ1n) is 8.49. The van der Waals surface area contributed by atoms with Gasteiger partial charge < -0.3 is 14.8 Å². The van der Waals surface area contributed by atoms with Crippen LogP contribution in [0, 0.1) is 5.82 Å². The number of carbonyl (C=O) groups is 1. The molecule has 1 N–H and O–H groups in total. The maximum atomic E-state index is 13.7. The van der Waals surface area contributed by atoms with Crippen LogP contribution in [0.1, 0.15) is 22.8 Å². The molecule has 1 atom stereocenters. The fourth-order valence-electron chi connectivity index (χ4n) is 3.45. The van der Waals surface area contributed by atoms with Crippen molar-refractivity contribution in [3.8, 4) is 22.6 Å². The molecule has 0 saturated heterocycles. The molecule has 0 unspecified atom stereocenters. The molecule has 27 heavy (non-hydrogen) atoms. The fourth-order valence-corrected chi connectivity index (χ4v) is 4.60. The van der Waals surface area contributed by atoms with Crippen LogP contribution < -0.4 is 14.8 Å². The smallest absolute Gasteiger partial charge is 0.225 e. The first-order valence-corrected chi connectivity index (χ1v) is 9.37. The average molecular weight is 383 g/mol. The molecular weight excluding hydrogens is 365 g/mol. The molecule has 138 valence electrons. The van der Waals surface area contributed by atoms with Gasteiger partial charge in [-0.2, -0.15) is 0 Å². The number of nitrogens with one attached hydrogen (secondary N) is 1. The highest BCUT2D eigenvalue weighted by molar-refractivity contribution is 7.11. The number of thiophene rings is 1. The van der Waals surface area contributed by atoms with Gasteiger partial charge in [0.15, 0.2) is 0 Å². The summed E-state index contributed by atoms with van der Waals surface area (Å²) in [6, 6.07) is 12.0. The monoisotopic (exact) mass is 383 g/mol. The molecule has 0 radical (unpaired) electrons. The van der Waals surface area contributed by atoms with Crippen LogP contribution in [0.5, 0.6) is 11.5 Å². The maximum absolute atomic E-state index is 13.7. The van der Waals surface area contributed by atoms with Gasteiger partial charge in [0.25, 0.3) is 0 Å². The Bertz CT molecular complexity index is 1010. The van der Waals surface area contributed by atoms with Crippen molar-refractivity contribution in [1.29, 1.82) is 0 Å². The van der Waals surface area contributed by atoms with Gasteiger partial charge in [-0.15, -0.1) is 11.3 Å². The SMILES string of the molecule is COc1ccc([C@H]2CC(=O)Nc3c(-c4cccc(F)c4)csc32)c(OC)c1. The number of anilines is 1. The number of methoxy groups -OCH3 is 2. The maximum Gasteiger partial charge on any atom is 0.225 e. The molecule has 1 aromatic heterocycles. The molecule has 0 spiro atoms. The van der Waals surface area contributed by atoms with E-state index in [0.717, 1.165) is 27.3 Å².